The molecular weight excluding hydrogens is 455 g/mol. The van der Waals surface area contributed by atoms with Gasteiger partial charge in [-0.3, -0.25) is 4.79 Å². The minimum Gasteiger partial charge on any atom is -0.406 e. The smallest absolute Gasteiger partial charge is 0.406 e. The van der Waals surface area contributed by atoms with Crippen LogP contribution in [0.25, 0.3) is 0 Å². The fourth-order valence-corrected chi connectivity index (χ4v) is 2.93. The summed E-state index contributed by atoms with van der Waals surface area (Å²) in [6.07, 6.45) is -4.92. The fourth-order valence-electron chi connectivity index (χ4n) is 2.07. The van der Waals surface area contributed by atoms with Gasteiger partial charge in [0.15, 0.2) is 0 Å². The summed E-state index contributed by atoms with van der Waals surface area (Å²) in [6.45, 7) is 0. The van der Waals surface area contributed by atoms with Crippen LogP contribution < -0.4 is 20.7 Å². The van der Waals surface area contributed by atoms with Crippen LogP contribution in [0.1, 0.15) is 10.4 Å². The average Bonchev–Trinajstić information content (AvgIpc) is 2.51. The second-order valence-corrected chi connectivity index (χ2v) is 6.42. The summed E-state index contributed by atoms with van der Waals surface area (Å²) in [5.74, 6) is -1.19. The van der Waals surface area contributed by atoms with Crippen molar-refractivity contribution in [1.82, 2.24) is 5.32 Å². The van der Waals surface area contributed by atoms with E-state index >= 15 is 0 Å². The third-order valence-electron chi connectivity index (χ3n) is 3.06. The Labute approximate surface area is 165 Å². The van der Waals surface area contributed by atoms with Gasteiger partial charge in [-0.1, -0.05) is 27.5 Å². The number of rotatable bonds is 4. The lowest BCUT2D eigenvalue weighted by Crippen LogP contribution is -2.24. The van der Waals surface area contributed by atoms with Gasteiger partial charge in [-0.15, -0.1) is 13.2 Å². The van der Waals surface area contributed by atoms with Crippen LogP contribution in [0, 0.1) is 0 Å². The van der Waals surface area contributed by atoms with E-state index in [4.69, 9.17) is 11.6 Å². The van der Waals surface area contributed by atoms with E-state index in [9.17, 15) is 22.8 Å². The van der Waals surface area contributed by atoms with Crippen molar-refractivity contribution < 1.29 is 27.5 Å². The van der Waals surface area contributed by atoms with Crippen LogP contribution in [-0.4, -0.2) is 25.3 Å². The summed E-state index contributed by atoms with van der Waals surface area (Å²) < 4.78 is 41.6. The first-order valence-electron chi connectivity index (χ1n) is 7.23. The predicted molar refractivity (Wildman–Crippen MR) is 98.3 cm³/mol. The molecule has 2 rings (SSSR count). The van der Waals surface area contributed by atoms with Gasteiger partial charge in [0.2, 0.25) is 0 Å². The maximum absolute atomic E-state index is 12.4. The molecule has 0 heterocycles. The molecule has 6 nitrogen and oxygen atoms in total. The van der Waals surface area contributed by atoms with Crippen molar-refractivity contribution in [2.75, 3.05) is 17.7 Å². The first kappa shape index (κ1) is 20.8. The highest BCUT2D eigenvalue weighted by molar-refractivity contribution is 9.10. The minimum atomic E-state index is -4.92. The second-order valence-electron chi connectivity index (χ2n) is 5.07. The average molecular weight is 467 g/mol. The molecule has 3 amide bonds. The number of hydrogen-bond donors (Lipinski definition) is 3. The third kappa shape index (κ3) is 6.33. The molecule has 0 saturated carbocycles. The largest absolute Gasteiger partial charge is 0.573 e. The number of amides is 3. The molecule has 0 atom stereocenters. The molecule has 0 aromatic heterocycles. The molecule has 0 spiro atoms. The quantitative estimate of drug-likeness (QED) is 0.593. The van der Waals surface area contributed by atoms with Crippen molar-refractivity contribution in [1.29, 1.82) is 0 Å². The molecule has 0 unspecified atom stereocenters. The number of carbonyl (C=O) groups excluding carboxylic acids is 2. The number of urea groups is 1. The maximum Gasteiger partial charge on any atom is 0.573 e. The Bertz CT molecular complexity index is 857. The minimum absolute atomic E-state index is 0.0468. The highest BCUT2D eigenvalue weighted by Crippen LogP contribution is 2.28. The van der Waals surface area contributed by atoms with Crippen molar-refractivity contribution in [2.24, 2.45) is 0 Å². The predicted octanol–water partition coefficient (Wildman–Crippen LogP) is 5.00. The SMILES string of the molecule is CNC(=O)c1ccc(OC(F)(F)F)cc1NC(=O)Nc1cc(Cl)cc(Br)c1. The number of hydrogen-bond acceptors (Lipinski definition) is 3. The zero-order chi connectivity index (χ0) is 20.2. The van der Waals surface area contributed by atoms with Crippen molar-refractivity contribution in [2.45, 2.75) is 6.36 Å². The Hall–Kier alpha value is -2.46. The molecule has 2 aromatic carbocycles. The summed E-state index contributed by atoms with van der Waals surface area (Å²) >= 11 is 9.10. The van der Waals surface area contributed by atoms with E-state index in [0.29, 0.717) is 15.2 Å². The molecule has 0 radical (unpaired) electrons. The van der Waals surface area contributed by atoms with Gasteiger partial charge in [0.25, 0.3) is 5.91 Å². The van der Waals surface area contributed by atoms with Crippen molar-refractivity contribution in [3.8, 4) is 5.75 Å². The van der Waals surface area contributed by atoms with E-state index < -0.39 is 24.1 Å². The van der Waals surface area contributed by atoms with Crippen LogP contribution in [0.15, 0.2) is 40.9 Å². The first-order valence-corrected chi connectivity index (χ1v) is 8.40. The zero-order valence-corrected chi connectivity index (χ0v) is 15.9. The highest BCUT2D eigenvalue weighted by atomic mass is 79.9. The standard InChI is InChI=1S/C16H12BrClF3N3O3/c1-22-14(25)12-3-2-11(27-16(19,20)21)7-13(12)24-15(26)23-10-5-8(17)4-9(18)6-10/h2-7H,1H3,(H,22,25)(H2,23,24,26). The van der Waals surface area contributed by atoms with Gasteiger partial charge in [-0.05, 0) is 30.3 Å². The molecule has 0 saturated heterocycles. The number of ether oxygens (including phenoxy) is 1. The van der Waals surface area contributed by atoms with Crippen LogP contribution in [-0.2, 0) is 0 Å². The summed E-state index contributed by atoms with van der Waals surface area (Å²) in [5, 5.41) is 7.47. The van der Waals surface area contributed by atoms with Crippen molar-refractivity contribution >= 4 is 50.8 Å². The monoisotopic (exact) mass is 465 g/mol. The van der Waals surface area contributed by atoms with E-state index in [0.717, 1.165) is 18.2 Å². The summed E-state index contributed by atoms with van der Waals surface area (Å²) in [5.41, 5.74) is 0.111. The van der Waals surface area contributed by atoms with Crippen LogP contribution in [0.2, 0.25) is 5.02 Å². The Morgan fingerprint density at radius 1 is 1.11 bits per heavy atom. The molecular formula is C16H12BrClF3N3O3. The number of halogens is 5. The molecule has 0 aliphatic rings. The second kappa shape index (κ2) is 8.49. The number of carbonyl (C=O) groups is 2. The lowest BCUT2D eigenvalue weighted by Gasteiger charge is -2.14. The van der Waals surface area contributed by atoms with E-state index in [1.165, 1.54) is 13.1 Å². The molecule has 11 heteroatoms. The number of nitrogens with one attached hydrogen (secondary N) is 3. The Balaban J connectivity index is 2.26. The first-order chi connectivity index (χ1) is 12.6. The Kier molecular flexibility index (Phi) is 6.55. The topological polar surface area (TPSA) is 79.5 Å². The van der Waals surface area contributed by atoms with E-state index in [2.05, 4.69) is 36.6 Å². The van der Waals surface area contributed by atoms with Crippen molar-refractivity contribution in [3.05, 3.63) is 51.5 Å². The Morgan fingerprint density at radius 2 is 1.81 bits per heavy atom. The van der Waals surface area contributed by atoms with E-state index in [-0.39, 0.29) is 11.3 Å². The molecule has 0 bridgehead atoms. The molecule has 144 valence electrons. The maximum atomic E-state index is 12.4. The van der Waals surface area contributed by atoms with Gasteiger partial charge < -0.3 is 20.7 Å². The van der Waals surface area contributed by atoms with Gasteiger partial charge in [0, 0.05) is 28.3 Å². The molecule has 2 aromatic rings. The normalized spacial score (nSPS) is 10.9. The van der Waals surface area contributed by atoms with Gasteiger partial charge in [0.1, 0.15) is 5.75 Å². The molecule has 3 N–H and O–H groups in total. The van der Waals surface area contributed by atoms with Crippen LogP contribution in [0.5, 0.6) is 5.75 Å². The fraction of sp³-hybridized carbons (Fsp3) is 0.125. The highest BCUT2D eigenvalue weighted by Gasteiger charge is 2.31. The lowest BCUT2D eigenvalue weighted by molar-refractivity contribution is -0.274. The van der Waals surface area contributed by atoms with Gasteiger partial charge in [-0.2, -0.15) is 0 Å². The third-order valence-corrected chi connectivity index (χ3v) is 3.74. The van der Waals surface area contributed by atoms with E-state index in [1.54, 1.807) is 12.1 Å². The van der Waals surface area contributed by atoms with E-state index in [1.807, 2.05) is 0 Å². The lowest BCUT2D eigenvalue weighted by atomic mass is 10.1. The van der Waals surface area contributed by atoms with Crippen LogP contribution >= 0.6 is 27.5 Å². The summed E-state index contributed by atoms with van der Waals surface area (Å²) in [7, 11) is 1.34. The number of alkyl halides is 3. The number of benzene rings is 2. The molecule has 0 fully saturated rings. The molecule has 27 heavy (non-hydrogen) atoms. The van der Waals surface area contributed by atoms with Gasteiger partial charge >= 0.3 is 12.4 Å². The van der Waals surface area contributed by atoms with Crippen molar-refractivity contribution in [3.63, 3.8) is 0 Å². The van der Waals surface area contributed by atoms with Crippen LogP contribution in [0.3, 0.4) is 0 Å². The Morgan fingerprint density at radius 3 is 2.41 bits per heavy atom. The zero-order valence-electron chi connectivity index (χ0n) is 13.6. The number of anilines is 2. The molecule has 0 aliphatic heterocycles. The molecule has 0 aliphatic carbocycles. The summed E-state index contributed by atoms with van der Waals surface area (Å²) in [6, 6.07) is 6.81. The van der Waals surface area contributed by atoms with Gasteiger partial charge in [-0.25, -0.2) is 4.79 Å². The van der Waals surface area contributed by atoms with Crippen LogP contribution in [0.4, 0.5) is 29.3 Å². The summed E-state index contributed by atoms with van der Waals surface area (Å²) in [4.78, 5) is 24.1. The van der Waals surface area contributed by atoms with Gasteiger partial charge in [0.05, 0.1) is 11.3 Å².